The highest BCUT2D eigenvalue weighted by molar-refractivity contribution is 5.82. The lowest BCUT2D eigenvalue weighted by atomic mass is 9.91. The fourth-order valence-corrected chi connectivity index (χ4v) is 4.62. The van der Waals surface area contributed by atoms with Gasteiger partial charge >= 0.3 is 0 Å². The molecule has 166 valence electrons. The molecule has 1 aromatic heterocycles. The highest BCUT2D eigenvalue weighted by atomic mass is 16.2. The van der Waals surface area contributed by atoms with Gasteiger partial charge in [-0.25, -0.2) is 4.98 Å². The Labute approximate surface area is 180 Å². The van der Waals surface area contributed by atoms with E-state index in [-0.39, 0.29) is 23.3 Å². The van der Waals surface area contributed by atoms with Gasteiger partial charge in [-0.15, -0.1) is 0 Å². The Morgan fingerprint density at radius 3 is 2.33 bits per heavy atom. The van der Waals surface area contributed by atoms with Crippen molar-refractivity contribution in [2.45, 2.75) is 59.0 Å². The van der Waals surface area contributed by atoms with Gasteiger partial charge in [-0.05, 0) is 56.5 Å². The van der Waals surface area contributed by atoms with E-state index in [1.165, 1.54) is 5.56 Å². The maximum atomic E-state index is 13.0. The predicted octanol–water partition coefficient (Wildman–Crippen LogP) is 2.37. The summed E-state index contributed by atoms with van der Waals surface area (Å²) in [6.07, 6.45) is 5.29. The first kappa shape index (κ1) is 22.5. The van der Waals surface area contributed by atoms with Crippen LogP contribution in [0, 0.1) is 11.3 Å². The van der Waals surface area contributed by atoms with Gasteiger partial charge in [0, 0.05) is 50.3 Å². The molecule has 0 bridgehead atoms. The van der Waals surface area contributed by atoms with Crippen molar-refractivity contribution in [1.29, 1.82) is 0 Å². The van der Waals surface area contributed by atoms with Crippen LogP contribution in [0.25, 0.3) is 0 Å². The number of nitrogens with two attached hydrogens (primary N) is 1. The van der Waals surface area contributed by atoms with Crippen LogP contribution >= 0.6 is 0 Å². The van der Waals surface area contributed by atoms with E-state index in [1.54, 1.807) is 6.20 Å². The number of amides is 2. The minimum Gasteiger partial charge on any atom is -0.384 e. The first-order valence-electron chi connectivity index (χ1n) is 11.1. The average molecular weight is 416 g/mol. The SMILES string of the molecule is CN(C(=O)C(C)(C)C)C1CCN(C(=O)C2CCN(Cc3ccnc(N)c3)CC2)CC1. The third-order valence-corrected chi connectivity index (χ3v) is 6.47. The van der Waals surface area contributed by atoms with Crippen LogP contribution in [0.3, 0.4) is 0 Å². The lowest BCUT2D eigenvalue weighted by Crippen LogP contribution is -2.51. The van der Waals surface area contributed by atoms with Crippen LogP contribution in [0.1, 0.15) is 52.0 Å². The summed E-state index contributed by atoms with van der Waals surface area (Å²) in [4.78, 5) is 35.9. The number of nitrogen functional groups attached to an aromatic ring is 1. The van der Waals surface area contributed by atoms with E-state index in [9.17, 15) is 9.59 Å². The fourth-order valence-electron chi connectivity index (χ4n) is 4.62. The number of piperidine rings is 2. The smallest absolute Gasteiger partial charge is 0.227 e. The molecule has 3 rings (SSSR count). The first-order valence-corrected chi connectivity index (χ1v) is 11.1. The normalized spacial score (nSPS) is 19.7. The monoisotopic (exact) mass is 415 g/mol. The van der Waals surface area contributed by atoms with Crippen molar-refractivity contribution in [1.82, 2.24) is 19.7 Å². The molecular formula is C23H37N5O2. The molecule has 0 aliphatic carbocycles. The zero-order valence-electron chi connectivity index (χ0n) is 18.9. The average Bonchev–Trinajstić information content (AvgIpc) is 2.72. The topological polar surface area (TPSA) is 82.8 Å². The molecule has 30 heavy (non-hydrogen) atoms. The number of pyridine rings is 1. The molecule has 7 nitrogen and oxygen atoms in total. The number of carbonyl (C=O) groups excluding carboxylic acids is 2. The number of likely N-dealkylation sites (tertiary alicyclic amines) is 2. The van der Waals surface area contributed by atoms with Gasteiger partial charge in [-0.1, -0.05) is 20.8 Å². The van der Waals surface area contributed by atoms with Crippen LogP contribution in [0.5, 0.6) is 0 Å². The molecule has 3 heterocycles. The second kappa shape index (κ2) is 9.33. The second-order valence-corrected chi connectivity index (χ2v) is 9.86. The summed E-state index contributed by atoms with van der Waals surface area (Å²) in [5.41, 5.74) is 6.58. The van der Waals surface area contributed by atoms with Crippen molar-refractivity contribution < 1.29 is 9.59 Å². The lowest BCUT2D eigenvalue weighted by Gasteiger charge is -2.40. The second-order valence-electron chi connectivity index (χ2n) is 9.86. The molecule has 0 unspecified atom stereocenters. The summed E-state index contributed by atoms with van der Waals surface area (Å²) in [6.45, 7) is 10.1. The van der Waals surface area contributed by atoms with Crippen molar-refractivity contribution in [3.63, 3.8) is 0 Å². The zero-order chi connectivity index (χ0) is 21.9. The molecule has 0 saturated carbocycles. The molecule has 1 aromatic rings. The Bertz CT molecular complexity index is 744. The molecule has 2 aliphatic rings. The summed E-state index contributed by atoms with van der Waals surface area (Å²) in [5.74, 6) is 1.15. The minimum atomic E-state index is -0.363. The van der Waals surface area contributed by atoms with E-state index in [0.29, 0.717) is 11.7 Å². The number of anilines is 1. The number of carbonyl (C=O) groups is 2. The van der Waals surface area contributed by atoms with E-state index in [1.807, 2.05) is 49.8 Å². The van der Waals surface area contributed by atoms with Gasteiger partial charge in [0.2, 0.25) is 11.8 Å². The molecule has 0 atom stereocenters. The summed E-state index contributed by atoms with van der Waals surface area (Å²) in [7, 11) is 1.90. The highest BCUT2D eigenvalue weighted by Crippen LogP contribution is 2.26. The Morgan fingerprint density at radius 2 is 1.77 bits per heavy atom. The Kier molecular flexibility index (Phi) is 7.01. The number of rotatable bonds is 4. The quantitative estimate of drug-likeness (QED) is 0.816. The van der Waals surface area contributed by atoms with Crippen LogP contribution in [0.15, 0.2) is 18.3 Å². The molecule has 0 radical (unpaired) electrons. The van der Waals surface area contributed by atoms with E-state index in [4.69, 9.17) is 5.73 Å². The van der Waals surface area contributed by atoms with Gasteiger partial charge < -0.3 is 15.5 Å². The van der Waals surface area contributed by atoms with Crippen LogP contribution in [-0.4, -0.2) is 70.8 Å². The third-order valence-electron chi connectivity index (χ3n) is 6.47. The molecule has 7 heteroatoms. The first-order chi connectivity index (χ1) is 14.1. The van der Waals surface area contributed by atoms with Gasteiger partial charge in [0.25, 0.3) is 0 Å². The lowest BCUT2D eigenvalue weighted by molar-refractivity contribution is -0.143. The summed E-state index contributed by atoms with van der Waals surface area (Å²) in [5, 5.41) is 0. The van der Waals surface area contributed by atoms with Crippen LogP contribution < -0.4 is 5.73 Å². The Hall–Kier alpha value is -2.15. The molecule has 2 amide bonds. The zero-order valence-corrected chi connectivity index (χ0v) is 18.9. The molecule has 2 N–H and O–H groups in total. The van der Waals surface area contributed by atoms with Gasteiger partial charge in [0.05, 0.1) is 0 Å². The molecule has 0 aromatic carbocycles. The van der Waals surface area contributed by atoms with Crippen molar-refractivity contribution in [2.75, 3.05) is 39.0 Å². The largest absolute Gasteiger partial charge is 0.384 e. The van der Waals surface area contributed by atoms with Crippen molar-refractivity contribution >= 4 is 17.6 Å². The minimum absolute atomic E-state index is 0.120. The van der Waals surface area contributed by atoms with Crippen LogP contribution in [-0.2, 0) is 16.1 Å². The summed E-state index contributed by atoms with van der Waals surface area (Å²) in [6, 6.07) is 4.15. The number of aromatic nitrogens is 1. The number of hydrogen-bond donors (Lipinski definition) is 1. The van der Waals surface area contributed by atoms with Gasteiger partial charge in [0.15, 0.2) is 0 Å². The van der Waals surface area contributed by atoms with Gasteiger partial charge in [0.1, 0.15) is 5.82 Å². The highest BCUT2D eigenvalue weighted by Gasteiger charge is 2.34. The van der Waals surface area contributed by atoms with Crippen LogP contribution in [0.4, 0.5) is 5.82 Å². The summed E-state index contributed by atoms with van der Waals surface area (Å²) >= 11 is 0. The maximum Gasteiger partial charge on any atom is 0.227 e. The molecular weight excluding hydrogens is 378 g/mol. The molecule has 2 saturated heterocycles. The van der Waals surface area contributed by atoms with Crippen molar-refractivity contribution in [2.24, 2.45) is 11.3 Å². The van der Waals surface area contributed by atoms with E-state index < -0.39 is 0 Å². The Morgan fingerprint density at radius 1 is 1.13 bits per heavy atom. The maximum absolute atomic E-state index is 13.0. The molecule has 2 aliphatic heterocycles. The van der Waals surface area contributed by atoms with Crippen LogP contribution in [0.2, 0.25) is 0 Å². The van der Waals surface area contributed by atoms with E-state index in [0.717, 1.165) is 58.4 Å². The van der Waals surface area contributed by atoms with E-state index >= 15 is 0 Å². The van der Waals surface area contributed by atoms with Gasteiger partial charge in [-0.2, -0.15) is 0 Å². The number of nitrogens with zero attached hydrogens (tertiary/aromatic N) is 4. The van der Waals surface area contributed by atoms with E-state index in [2.05, 4.69) is 9.88 Å². The summed E-state index contributed by atoms with van der Waals surface area (Å²) < 4.78 is 0. The van der Waals surface area contributed by atoms with Gasteiger partial charge in [-0.3, -0.25) is 14.5 Å². The fraction of sp³-hybridized carbons (Fsp3) is 0.696. The van der Waals surface area contributed by atoms with Crippen molar-refractivity contribution in [3.05, 3.63) is 23.9 Å². The molecule has 2 fully saturated rings. The van der Waals surface area contributed by atoms with Crippen molar-refractivity contribution in [3.8, 4) is 0 Å². The number of hydrogen-bond acceptors (Lipinski definition) is 5. The Balaban J connectivity index is 1.44. The predicted molar refractivity (Wildman–Crippen MR) is 118 cm³/mol. The molecule has 0 spiro atoms. The standard InChI is InChI=1S/C23H37N5O2/c1-23(2,3)22(30)26(4)19-8-13-28(14-9-19)21(29)18-6-11-27(12-7-18)16-17-5-10-25-20(24)15-17/h5,10,15,18-19H,6-9,11-14,16H2,1-4H3,(H2,24,25). The third kappa shape index (κ3) is 5.50.